The number of anilines is 1. The number of carbonyl (C=O) groups excluding carboxylic acids is 1. The molecular weight excluding hydrogens is 212 g/mol. The molecule has 0 radical (unpaired) electrons. The van der Waals surface area contributed by atoms with Gasteiger partial charge < -0.3 is 9.52 Å². The molecule has 1 amide bonds. The van der Waals surface area contributed by atoms with Gasteiger partial charge in [0.1, 0.15) is 0 Å². The second-order valence-electron chi connectivity index (χ2n) is 3.86. The van der Waals surface area contributed by atoms with E-state index in [9.17, 15) is 9.59 Å². The highest BCUT2D eigenvalue weighted by molar-refractivity contribution is 5.91. The van der Waals surface area contributed by atoms with E-state index < -0.39 is 5.97 Å². The highest BCUT2D eigenvalue weighted by Gasteiger charge is 2.19. The van der Waals surface area contributed by atoms with Gasteiger partial charge in [0.2, 0.25) is 11.7 Å². The number of carbonyl (C=O) groups is 2. The van der Waals surface area contributed by atoms with E-state index in [0.29, 0.717) is 0 Å². The van der Waals surface area contributed by atoms with Crippen LogP contribution in [0.2, 0.25) is 0 Å². The van der Waals surface area contributed by atoms with Gasteiger partial charge in [0.25, 0.3) is 0 Å². The second kappa shape index (κ2) is 4.78. The first-order valence-corrected chi connectivity index (χ1v) is 4.91. The monoisotopic (exact) mass is 226 g/mol. The number of nitrogens with zero attached hydrogens (tertiary/aromatic N) is 1. The average molecular weight is 226 g/mol. The van der Waals surface area contributed by atoms with Gasteiger partial charge in [-0.3, -0.25) is 10.1 Å². The van der Waals surface area contributed by atoms with Crippen molar-refractivity contribution < 1.29 is 19.1 Å². The van der Waals surface area contributed by atoms with Crippen molar-refractivity contribution in [3.63, 3.8) is 0 Å². The van der Waals surface area contributed by atoms with Crippen LogP contribution in [0.1, 0.15) is 31.3 Å². The number of rotatable bonds is 4. The molecule has 0 aliphatic carbocycles. The van der Waals surface area contributed by atoms with Gasteiger partial charge in [0.05, 0.1) is 6.20 Å². The third-order valence-electron chi connectivity index (χ3n) is 2.36. The van der Waals surface area contributed by atoms with E-state index in [1.807, 2.05) is 13.8 Å². The summed E-state index contributed by atoms with van der Waals surface area (Å²) in [6, 6.07) is -0.0881. The lowest BCUT2D eigenvalue weighted by molar-refractivity contribution is -0.120. The molecular formula is C10H14N2O4. The first-order valence-electron chi connectivity index (χ1n) is 4.91. The van der Waals surface area contributed by atoms with Gasteiger partial charge in [-0.15, -0.1) is 0 Å². The molecule has 0 bridgehead atoms. The van der Waals surface area contributed by atoms with Crippen LogP contribution in [-0.2, 0) is 4.79 Å². The van der Waals surface area contributed by atoms with Crippen LogP contribution in [0, 0.1) is 11.8 Å². The lowest BCUT2D eigenvalue weighted by atomic mass is 9.97. The molecule has 0 aromatic carbocycles. The quantitative estimate of drug-likeness (QED) is 0.813. The molecule has 1 heterocycles. The third kappa shape index (κ3) is 2.82. The van der Waals surface area contributed by atoms with Gasteiger partial charge in [0, 0.05) is 5.92 Å². The van der Waals surface area contributed by atoms with Gasteiger partial charge >= 0.3 is 12.0 Å². The molecule has 1 aromatic heterocycles. The minimum atomic E-state index is -1.22. The van der Waals surface area contributed by atoms with Crippen molar-refractivity contribution in [2.75, 3.05) is 5.32 Å². The standard InChI is InChI=1S/C10H14N2O4/c1-5(2)6(3)8(13)12-10-11-4-7(16-10)9(14)15/h4-6H,1-3H3,(H,14,15)(H,11,12,13). The summed E-state index contributed by atoms with van der Waals surface area (Å²) < 4.78 is 4.80. The first-order chi connectivity index (χ1) is 7.41. The fourth-order valence-corrected chi connectivity index (χ4v) is 0.953. The zero-order valence-corrected chi connectivity index (χ0v) is 9.35. The number of nitrogens with one attached hydrogen (secondary N) is 1. The van der Waals surface area contributed by atoms with E-state index in [4.69, 9.17) is 9.52 Å². The Kier molecular flexibility index (Phi) is 3.65. The van der Waals surface area contributed by atoms with E-state index in [2.05, 4.69) is 10.3 Å². The average Bonchev–Trinajstić information content (AvgIpc) is 2.64. The molecule has 6 heteroatoms. The Hall–Kier alpha value is -1.85. The lowest BCUT2D eigenvalue weighted by Gasteiger charge is -2.13. The predicted molar refractivity (Wildman–Crippen MR) is 56.1 cm³/mol. The number of carboxylic acid groups (broad SMARTS) is 1. The summed E-state index contributed by atoms with van der Waals surface area (Å²) in [5.74, 6) is -1.76. The highest BCUT2D eigenvalue weighted by atomic mass is 16.4. The van der Waals surface area contributed by atoms with E-state index >= 15 is 0 Å². The summed E-state index contributed by atoms with van der Waals surface area (Å²) in [6.45, 7) is 5.62. The van der Waals surface area contributed by atoms with Crippen molar-refractivity contribution in [1.29, 1.82) is 0 Å². The molecule has 0 spiro atoms. The third-order valence-corrected chi connectivity index (χ3v) is 2.36. The summed E-state index contributed by atoms with van der Waals surface area (Å²) in [7, 11) is 0. The van der Waals surface area contributed by atoms with Crippen LogP contribution in [0.25, 0.3) is 0 Å². The van der Waals surface area contributed by atoms with Crippen LogP contribution < -0.4 is 5.32 Å². The number of oxazole rings is 1. The molecule has 1 unspecified atom stereocenters. The fourth-order valence-electron chi connectivity index (χ4n) is 0.953. The smallest absolute Gasteiger partial charge is 0.373 e. The van der Waals surface area contributed by atoms with Crippen molar-refractivity contribution in [1.82, 2.24) is 4.98 Å². The molecule has 0 aliphatic heterocycles. The minimum absolute atomic E-state index is 0.0881. The highest BCUT2D eigenvalue weighted by Crippen LogP contribution is 2.14. The number of amides is 1. The molecule has 0 saturated heterocycles. The number of hydrogen-bond acceptors (Lipinski definition) is 4. The van der Waals surface area contributed by atoms with Crippen molar-refractivity contribution in [3.05, 3.63) is 12.0 Å². The summed E-state index contributed by atoms with van der Waals surface area (Å²) in [5, 5.41) is 11.0. The van der Waals surface area contributed by atoms with E-state index in [1.54, 1.807) is 6.92 Å². The molecule has 1 aromatic rings. The van der Waals surface area contributed by atoms with Gasteiger partial charge in [-0.2, -0.15) is 0 Å². The molecule has 0 fully saturated rings. The molecule has 88 valence electrons. The summed E-state index contributed by atoms with van der Waals surface area (Å²) in [6.07, 6.45) is 1.05. The van der Waals surface area contributed by atoms with Crippen LogP contribution >= 0.6 is 0 Å². The number of aromatic nitrogens is 1. The zero-order valence-electron chi connectivity index (χ0n) is 9.35. The fraction of sp³-hybridized carbons (Fsp3) is 0.500. The molecule has 0 aliphatic rings. The maximum atomic E-state index is 11.6. The largest absolute Gasteiger partial charge is 0.475 e. The Morgan fingerprint density at radius 1 is 1.44 bits per heavy atom. The van der Waals surface area contributed by atoms with Crippen LogP contribution in [0.4, 0.5) is 6.01 Å². The molecule has 0 saturated carbocycles. The summed E-state index contributed by atoms with van der Waals surface area (Å²) >= 11 is 0. The second-order valence-corrected chi connectivity index (χ2v) is 3.86. The van der Waals surface area contributed by atoms with Crippen LogP contribution in [0.5, 0.6) is 0 Å². The number of aromatic carboxylic acids is 1. The van der Waals surface area contributed by atoms with E-state index in [-0.39, 0.29) is 29.5 Å². The SMILES string of the molecule is CC(C)C(C)C(=O)Nc1ncc(C(=O)O)o1. The maximum Gasteiger partial charge on any atom is 0.373 e. The van der Waals surface area contributed by atoms with Gasteiger partial charge in [-0.25, -0.2) is 9.78 Å². The Morgan fingerprint density at radius 3 is 2.50 bits per heavy atom. The Balaban J connectivity index is 2.66. The van der Waals surface area contributed by atoms with Crippen LogP contribution in [0.15, 0.2) is 10.6 Å². The molecule has 1 rings (SSSR count). The molecule has 16 heavy (non-hydrogen) atoms. The lowest BCUT2D eigenvalue weighted by Crippen LogP contribution is -2.24. The first kappa shape index (κ1) is 12.2. The van der Waals surface area contributed by atoms with Crippen LogP contribution in [0.3, 0.4) is 0 Å². The number of carboxylic acids is 1. The van der Waals surface area contributed by atoms with Crippen LogP contribution in [-0.4, -0.2) is 22.0 Å². The Labute approximate surface area is 92.7 Å². The summed E-state index contributed by atoms with van der Waals surface area (Å²) in [5.41, 5.74) is 0. The van der Waals surface area contributed by atoms with Crippen molar-refractivity contribution >= 4 is 17.9 Å². The topological polar surface area (TPSA) is 92.4 Å². The predicted octanol–water partition coefficient (Wildman–Crippen LogP) is 1.60. The maximum absolute atomic E-state index is 11.6. The van der Waals surface area contributed by atoms with Gasteiger partial charge in [-0.1, -0.05) is 20.8 Å². The Bertz CT molecular complexity index is 397. The van der Waals surface area contributed by atoms with Gasteiger partial charge in [0.15, 0.2) is 0 Å². The molecule has 6 nitrogen and oxygen atoms in total. The normalized spacial score (nSPS) is 12.5. The van der Waals surface area contributed by atoms with Crippen molar-refractivity contribution in [2.45, 2.75) is 20.8 Å². The molecule has 2 N–H and O–H groups in total. The zero-order chi connectivity index (χ0) is 12.3. The van der Waals surface area contributed by atoms with Crippen molar-refractivity contribution in [2.24, 2.45) is 11.8 Å². The minimum Gasteiger partial charge on any atom is -0.475 e. The van der Waals surface area contributed by atoms with E-state index in [1.165, 1.54) is 0 Å². The van der Waals surface area contributed by atoms with Crippen molar-refractivity contribution in [3.8, 4) is 0 Å². The van der Waals surface area contributed by atoms with E-state index in [0.717, 1.165) is 6.20 Å². The number of hydrogen-bond donors (Lipinski definition) is 2. The Morgan fingerprint density at radius 2 is 2.06 bits per heavy atom. The summed E-state index contributed by atoms with van der Waals surface area (Å²) in [4.78, 5) is 25.7. The van der Waals surface area contributed by atoms with Gasteiger partial charge in [-0.05, 0) is 5.92 Å². The molecule has 1 atom stereocenters.